The molecule has 0 aromatic carbocycles. The Morgan fingerprint density at radius 2 is 2.16 bits per heavy atom. The third-order valence-corrected chi connectivity index (χ3v) is 2.81. The Labute approximate surface area is 110 Å². The zero-order chi connectivity index (χ0) is 14.0. The standard InChI is InChI=1S/C13H16N2O4/c1-4-18-12(16)10-8(3)14-13(17)15-11(10)9-6-5-7(2)19-9/h5-6,11H,4H2,1-3H3,(H2,14,15,17)/t11-/m0/s1. The molecule has 19 heavy (non-hydrogen) atoms. The van der Waals surface area contributed by atoms with Crippen LogP contribution in [0, 0.1) is 6.92 Å². The van der Waals surface area contributed by atoms with Crippen molar-refractivity contribution in [2.75, 3.05) is 6.61 Å². The lowest BCUT2D eigenvalue weighted by Crippen LogP contribution is -2.45. The van der Waals surface area contributed by atoms with Gasteiger partial charge in [0.2, 0.25) is 0 Å². The maximum atomic E-state index is 12.0. The zero-order valence-electron chi connectivity index (χ0n) is 11.1. The molecule has 0 aliphatic carbocycles. The first-order valence-electron chi connectivity index (χ1n) is 6.04. The van der Waals surface area contributed by atoms with Gasteiger partial charge in [-0.2, -0.15) is 0 Å². The Hall–Kier alpha value is -2.24. The van der Waals surface area contributed by atoms with Crippen LogP contribution < -0.4 is 10.6 Å². The van der Waals surface area contributed by atoms with Gasteiger partial charge >= 0.3 is 12.0 Å². The second-order valence-corrected chi connectivity index (χ2v) is 4.24. The van der Waals surface area contributed by atoms with Gasteiger partial charge in [-0.3, -0.25) is 0 Å². The number of hydrogen-bond donors (Lipinski definition) is 2. The summed E-state index contributed by atoms with van der Waals surface area (Å²) in [6, 6.07) is 2.52. The second kappa shape index (κ2) is 5.17. The largest absolute Gasteiger partial charge is 0.464 e. The summed E-state index contributed by atoms with van der Waals surface area (Å²) in [7, 11) is 0. The molecule has 1 aromatic heterocycles. The lowest BCUT2D eigenvalue weighted by atomic mass is 10.0. The van der Waals surface area contributed by atoms with Crippen molar-refractivity contribution in [2.45, 2.75) is 26.8 Å². The number of amides is 2. The van der Waals surface area contributed by atoms with Crippen LogP contribution in [0.1, 0.15) is 31.4 Å². The Kier molecular flexibility index (Phi) is 3.59. The molecule has 0 unspecified atom stereocenters. The van der Waals surface area contributed by atoms with Gasteiger partial charge in [0.1, 0.15) is 17.6 Å². The highest BCUT2D eigenvalue weighted by Gasteiger charge is 2.33. The zero-order valence-corrected chi connectivity index (χ0v) is 11.1. The van der Waals surface area contributed by atoms with E-state index in [1.807, 2.05) is 0 Å². The Balaban J connectivity index is 2.40. The molecule has 0 spiro atoms. The molecule has 2 heterocycles. The summed E-state index contributed by atoms with van der Waals surface area (Å²) in [5.41, 5.74) is 0.831. The molecule has 0 radical (unpaired) electrons. The molecule has 1 atom stereocenters. The van der Waals surface area contributed by atoms with Crippen LogP contribution in [0.3, 0.4) is 0 Å². The minimum absolute atomic E-state index is 0.271. The molecule has 0 saturated carbocycles. The topological polar surface area (TPSA) is 80.6 Å². The summed E-state index contributed by atoms with van der Waals surface area (Å²) in [6.45, 7) is 5.46. The third-order valence-electron chi connectivity index (χ3n) is 2.81. The molecule has 1 aliphatic heterocycles. The maximum Gasteiger partial charge on any atom is 0.338 e. The van der Waals surface area contributed by atoms with Crippen molar-refractivity contribution in [3.8, 4) is 0 Å². The first-order valence-corrected chi connectivity index (χ1v) is 6.04. The normalized spacial score (nSPS) is 18.9. The summed E-state index contributed by atoms with van der Waals surface area (Å²) in [5.74, 6) is 0.755. The Morgan fingerprint density at radius 1 is 1.42 bits per heavy atom. The van der Waals surface area contributed by atoms with Crippen LogP contribution in [0.4, 0.5) is 4.79 Å². The fraction of sp³-hybridized carbons (Fsp3) is 0.385. The van der Waals surface area contributed by atoms with E-state index in [9.17, 15) is 9.59 Å². The number of rotatable bonds is 3. The molecule has 1 aromatic rings. The predicted molar refractivity (Wildman–Crippen MR) is 67.2 cm³/mol. The number of nitrogens with one attached hydrogen (secondary N) is 2. The van der Waals surface area contributed by atoms with Crippen LogP contribution in [0.2, 0.25) is 0 Å². The molecule has 0 fully saturated rings. The van der Waals surface area contributed by atoms with Gasteiger partial charge < -0.3 is 19.8 Å². The van der Waals surface area contributed by atoms with Crippen molar-refractivity contribution in [1.82, 2.24) is 10.6 Å². The van der Waals surface area contributed by atoms with Gasteiger partial charge in [-0.1, -0.05) is 0 Å². The molecular weight excluding hydrogens is 248 g/mol. The van der Waals surface area contributed by atoms with Gasteiger partial charge in [0, 0.05) is 5.70 Å². The molecule has 2 amide bonds. The van der Waals surface area contributed by atoms with E-state index in [2.05, 4.69) is 10.6 Å². The van der Waals surface area contributed by atoms with Crippen LogP contribution in [0.15, 0.2) is 27.8 Å². The van der Waals surface area contributed by atoms with Crippen LogP contribution in [-0.4, -0.2) is 18.6 Å². The van der Waals surface area contributed by atoms with Gasteiger partial charge in [-0.25, -0.2) is 9.59 Å². The lowest BCUT2D eigenvalue weighted by molar-refractivity contribution is -0.139. The van der Waals surface area contributed by atoms with Crippen molar-refractivity contribution < 1.29 is 18.7 Å². The second-order valence-electron chi connectivity index (χ2n) is 4.24. The molecule has 102 valence electrons. The summed E-state index contributed by atoms with van der Waals surface area (Å²) < 4.78 is 10.5. The van der Waals surface area contributed by atoms with E-state index < -0.39 is 12.0 Å². The van der Waals surface area contributed by atoms with Crippen molar-refractivity contribution >= 4 is 12.0 Å². The molecule has 0 saturated heterocycles. The summed E-state index contributed by atoms with van der Waals surface area (Å²) in [4.78, 5) is 23.5. The van der Waals surface area contributed by atoms with E-state index >= 15 is 0 Å². The molecule has 1 aliphatic rings. The average Bonchev–Trinajstić information content (AvgIpc) is 2.75. The molecule has 2 N–H and O–H groups in total. The highest BCUT2D eigenvalue weighted by Crippen LogP contribution is 2.28. The first kappa shape index (κ1) is 13.2. The number of urea groups is 1. The van der Waals surface area contributed by atoms with Gasteiger partial charge in [0.05, 0.1) is 12.2 Å². The highest BCUT2D eigenvalue weighted by atomic mass is 16.5. The fourth-order valence-electron chi connectivity index (χ4n) is 2.00. The van der Waals surface area contributed by atoms with Gasteiger partial charge in [-0.15, -0.1) is 0 Å². The number of ether oxygens (including phenoxy) is 1. The minimum atomic E-state index is -0.624. The van der Waals surface area contributed by atoms with Crippen LogP contribution in [-0.2, 0) is 9.53 Å². The van der Waals surface area contributed by atoms with Gasteiger partial charge in [0.25, 0.3) is 0 Å². The van der Waals surface area contributed by atoms with Gasteiger partial charge in [0.15, 0.2) is 0 Å². The van der Waals surface area contributed by atoms with Crippen molar-refractivity contribution in [2.24, 2.45) is 0 Å². The summed E-state index contributed by atoms with van der Waals surface area (Å²) >= 11 is 0. The van der Waals surface area contributed by atoms with E-state index in [0.29, 0.717) is 22.8 Å². The number of carbonyl (C=O) groups excluding carboxylic acids is 2. The van der Waals surface area contributed by atoms with E-state index in [4.69, 9.17) is 9.15 Å². The molecular formula is C13H16N2O4. The molecule has 2 rings (SSSR count). The van der Waals surface area contributed by atoms with Crippen molar-refractivity contribution in [3.63, 3.8) is 0 Å². The van der Waals surface area contributed by atoms with Crippen LogP contribution >= 0.6 is 0 Å². The smallest absolute Gasteiger partial charge is 0.338 e. The molecule has 0 bridgehead atoms. The molecule has 6 heteroatoms. The van der Waals surface area contributed by atoms with Crippen molar-refractivity contribution in [1.29, 1.82) is 0 Å². The van der Waals surface area contributed by atoms with Gasteiger partial charge in [-0.05, 0) is 32.9 Å². The fourth-order valence-corrected chi connectivity index (χ4v) is 2.00. The van der Waals surface area contributed by atoms with Crippen LogP contribution in [0.25, 0.3) is 0 Å². The predicted octanol–water partition coefficient (Wildman–Crippen LogP) is 1.78. The van der Waals surface area contributed by atoms with E-state index in [0.717, 1.165) is 0 Å². The molecule has 6 nitrogen and oxygen atoms in total. The number of allylic oxidation sites excluding steroid dienone is 1. The Bertz CT molecular complexity index is 545. The quantitative estimate of drug-likeness (QED) is 0.815. The third kappa shape index (κ3) is 2.62. The maximum absolute atomic E-state index is 12.0. The number of carbonyl (C=O) groups is 2. The van der Waals surface area contributed by atoms with E-state index in [1.165, 1.54) is 0 Å². The number of furan rings is 1. The highest BCUT2D eigenvalue weighted by molar-refractivity contribution is 5.94. The number of aryl methyl sites for hydroxylation is 1. The lowest BCUT2D eigenvalue weighted by Gasteiger charge is -2.26. The number of hydrogen-bond acceptors (Lipinski definition) is 4. The minimum Gasteiger partial charge on any atom is -0.464 e. The number of esters is 1. The van der Waals surface area contributed by atoms with Crippen molar-refractivity contribution in [3.05, 3.63) is 34.9 Å². The SMILES string of the molecule is CCOC(=O)C1=C(C)NC(=O)N[C@H]1c1ccc(C)o1. The van der Waals surface area contributed by atoms with E-state index in [1.54, 1.807) is 32.9 Å². The summed E-state index contributed by atoms with van der Waals surface area (Å²) in [5, 5.41) is 5.23. The summed E-state index contributed by atoms with van der Waals surface area (Å²) in [6.07, 6.45) is 0. The first-order chi connectivity index (χ1) is 9.02. The average molecular weight is 264 g/mol. The monoisotopic (exact) mass is 264 g/mol. The Morgan fingerprint density at radius 3 is 2.74 bits per heavy atom. The van der Waals surface area contributed by atoms with E-state index in [-0.39, 0.29) is 12.6 Å². The van der Waals surface area contributed by atoms with Crippen LogP contribution in [0.5, 0.6) is 0 Å².